The van der Waals surface area contributed by atoms with Gasteiger partial charge < -0.3 is 25.5 Å². The Hall–Kier alpha value is -0.850. The maximum Gasteiger partial charge on any atom is 1.00 e. The van der Waals surface area contributed by atoms with Gasteiger partial charge >= 0.3 is 35.5 Å². The number of aliphatic carboxylic acids is 1. The first-order valence-corrected chi connectivity index (χ1v) is 8.40. The van der Waals surface area contributed by atoms with Crippen molar-refractivity contribution in [3.8, 4) is 0 Å². The number of carboxylic acids is 1. The molecular weight excluding hydrogens is 319 g/mol. The van der Waals surface area contributed by atoms with Gasteiger partial charge in [-0.15, -0.1) is 5.76 Å². The molecule has 134 valence electrons. The zero-order valence-electron chi connectivity index (χ0n) is 15.5. The van der Waals surface area contributed by atoms with Gasteiger partial charge in [0.25, 0.3) is 0 Å². The first kappa shape index (κ1) is 25.4. The number of nitrogens with one attached hydrogen (secondary N) is 1. The third-order valence-electron chi connectivity index (χ3n) is 3.51. The second-order valence-corrected chi connectivity index (χ2v) is 5.64. The first-order valence-electron chi connectivity index (χ1n) is 8.40. The van der Waals surface area contributed by atoms with E-state index < -0.39 is 12.0 Å². The molecule has 6 nitrogen and oxygen atoms in total. The molecule has 0 amide bonds. The molecule has 24 heavy (non-hydrogen) atoms. The largest absolute Gasteiger partial charge is 1.00 e. The number of hydrogen-bond acceptors (Lipinski definition) is 5. The monoisotopic (exact) mass is 350 g/mol. The van der Waals surface area contributed by atoms with Crippen molar-refractivity contribution < 1.29 is 49.7 Å². The number of aliphatic hydroxyl groups excluding tert-OH is 1. The fraction of sp³-hybridized carbons (Fsp3) is 0.706. The van der Waals surface area contributed by atoms with Crippen LogP contribution < -0.4 is 40.0 Å². The van der Waals surface area contributed by atoms with E-state index in [1.165, 1.54) is 12.4 Å². The SMILES string of the molecule is CCCC/C([O-])=C/NCCN(/C=C(\O)CCCC)C(C)C(=O)O.[Na+]. The van der Waals surface area contributed by atoms with E-state index in [-0.39, 0.29) is 41.1 Å². The van der Waals surface area contributed by atoms with Gasteiger partial charge in [0, 0.05) is 25.7 Å². The summed E-state index contributed by atoms with van der Waals surface area (Å²) in [6.07, 6.45) is 7.66. The van der Waals surface area contributed by atoms with Crippen LogP contribution in [0.1, 0.15) is 59.3 Å². The van der Waals surface area contributed by atoms with Gasteiger partial charge in [-0.25, -0.2) is 4.79 Å². The molecule has 0 fully saturated rings. The summed E-state index contributed by atoms with van der Waals surface area (Å²) < 4.78 is 0. The molecule has 0 heterocycles. The summed E-state index contributed by atoms with van der Waals surface area (Å²) in [5.41, 5.74) is 0. The summed E-state index contributed by atoms with van der Waals surface area (Å²) in [7, 11) is 0. The van der Waals surface area contributed by atoms with Crippen molar-refractivity contribution in [1.29, 1.82) is 0 Å². The van der Waals surface area contributed by atoms with Crippen LogP contribution in [0.2, 0.25) is 0 Å². The van der Waals surface area contributed by atoms with Crippen LogP contribution in [0.3, 0.4) is 0 Å². The predicted molar refractivity (Wildman–Crippen MR) is 89.7 cm³/mol. The first-order chi connectivity index (χ1) is 10.9. The van der Waals surface area contributed by atoms with Crippen molar-refractivity contribution in [1.82, 2.24) is 10.2 Å². The molecule has 3 N–H and O–H groups in total. The van der Waals surface area contributed by atoms with Gasteiger partial charge in [0.1, 0.15) is 11.8 Å². The fourth-order valence-corrected chi connectivity index (χ4v) is 1.93. The minimum absolute atomic E-state index is 0. The third kappa shape index (κ3) is 12.6. The van der Waals surface area contributed by atoms with E-state index >= 15 is 0 Å². The minimum atomic E-state index is -0.951. The van der Waals surface area contributed by atoms with Crippen molar-refractivity contribution in [3.05, 3.63) is 23.9 Å². The number of allylic oxidation sites excluding steroid dienone is 2. The summed E-state index contributed by atoms with van der Waals surface area (Å²) in [5, 5.41) is 33.4. The van der Waals surface area contributed by atoms with Gasteiger partial charge in [0.05, 0.1) is 0 Å². The number of unbranched alkanes of at least 4 members (excludes halogenated alkanes) is 2. The number of rotatable bonds is 13. The van der Waals surface area contributed by atoms with Gasteiger partial charge in [-0.1, -0.05) is 33.1 Å². The summed E-state index contributed by atoms with van der Waals surface area (Å²) in [5.74, 6) is -0.721. The molecule has 0 radical (unpaired) electrons. The van der Waals surface area contributed by atoms with Gasteiger partial charge in [0.2, 0.25) is 0 Å². The topological polar surface area (TPSA) is 95.9 Å². The normalized spacial score (nSPS) is 13.1. The zero-order valence-corrected chi connectivity index (χ0v) is 17.5. The second kappa shape index (κ2) is 15.7. The van der Waals surface area contributed by atoms with Crippen molar-refractivity contribution in [3.63, 3.8) is 0 Å². The van der Waals surface area contributed by atoms with Crippen molar-refractivity contribution in [2.45, 2.75) is 65.3 Å². The van der Waals surface area contributed by atoms with E-state index in [2.05, 4.69) is 5.32 Å². The van der Waals surface area contributed by atoms with Crippen LogP contribution >= 0.6 is 0 Å². The molecule has 0 aromatic rings. The minimum Gasteiger partial charge on any atom is -0.874 e. The molecular formula is C17H31N2NaO4. The Labute approximate surface area is 167 Å². The van der Waals surface area contributed by atoms with E-state index in [1.807, 2.05) is 13.8 Å². The molecule has 0 bridgehead atoms. The predicted octanol–water partition coefficient (Wildman–Crippen LogP) is -0.663. The summed E-state index contributed by atoms with van der Waals surface area (Å²) in [4.78, 5) is 12.7. The van der Waals surface area contributed by atoms with Crippen LogP contribution in [0, 0.1) is 0 Å². The van der Waals surface area contributed by atoms with Crippen LogP contribution in [0.4, 0.5) is 0 Å². The summed E-state index contributed by atoms with van der Waals surface area (Å²) in [6, 6.07) is -0.739. The molecule has 0 aromatic carbocycles. The van der Waals surface area contributed by atoms with Gasteiger partial charge in [-0.05, 0) is 26.0 Å². The number of carbonyl (C=O) groups is 1. The number of nitrogens with zero attached hydrogens (tertiary/aromatic N) is 1. The van der Waals surface area contributed by atoms with Crippen molar-refractivity contribution >= 4 is 5.97 Å². The van der Waals surface area contributed by atoms with Crippen molar-refractivity contribution in [2.24, 2.45) is 0 Å². The molecule has 0 saturated carbocycles. The molecule has 0 aliphatic rings. The third-order valence-corrected chi connectivity index (χ3v) is 3.51. The molecule has 0 saturated heterocycles. The van der Waals surface area contributed by atoms with Crippen LogP contribution in [0.25, 0.3) is 0 Å². The summed E-state index contributed by atoms with van der Waals surface area (Å²) >= 11 is 0. The molecule has 0 aliphatic heterocycles. The van der Waals surface area contributed by atoms with Crippen LogP contribution in [-0.4, -0.2) is 40.2 Å². The van der Waals surface area contributed by atoms with Gasteiger partial charge in [-0.3, -0.25) is 0 Å². The fourth-order valence-electron chi connectivity index (χ4n) is 1.93. The van der Waals surface area contributed by atoms with E-state index in [9.17, 15) is 15.0 Å². The molecule has 1 atom stereocenters. The Bertz CT molecular complexity index is 400. The van der Waals surface area contributed by atoms with E-state index in [4.69, 9.17) is 5.11 Å². The molecule has 1 unspecified atom stereocenters. The Morgan fingerprint density at radius 3 is 2.33 bits per heavy atom. The molecule has 0 rings (SSSR count). The number of carboxylic acid groups (broad SMARTS) is 1. The average Bonchev–Trinajstić information content (AvgIpc) is 2.52. The van der Waals surface area contributed by atoms with Crippen LogP contribution in [0.15, 0.2) is 23.9 Å². The Morgan fingerprint density at radius 2 is 1.79 bits per heavy atom. The Kier molecular flexibility index (Phi) is 16.6. The quantitative estimate of drug-likeness (QED) is 0.232. The van der Waals surface area contributed by atoms with Crippen LogP contribution in [0.5, 0.6) is 0 Å². The second-order valence-electron chi connectivity index (χ2n) is 5.64. The van der Waals surface area contributed by atoms with E-state index in [0.717, 1.165) is 25.7 Å². The summed E-state index contributed by atoms with van der Waals surface area (Å²) in [6.45, 7) is 6.46. The zero-order chi connectivity index (χ0) is 17.7. The Balaban J connectivity index is 0. The molecule has 0 aliphatic carbocycles. The van der Waals surface area contributed by atoms with E-state index in [1.54, 1.807) is 11.8 Å². The molecule has 7 heteroatoms. The van der Waals surface area contributed by atoms with E-state index in [0.29, 0.717) is 25.9 Å². The number of hydrogen-bond donors (Lipinski definition) is 3. The maximum atomic E-state index is 11.5. The average molecular weight is 350 g/mol. The standard InChI is InChI=1S/C17H32N2O4.Na/c1-4-6-8-15(20)12-18-10-11-19(14(3)17(22)23)13-16(21)9-7-5-2;/h12-14,18,20-21H,4-11H2,1-3H3,(H,22,23);/q;+1/p-1/b15-12-,16-13-;. The Morgan fingerprint density at radius 1 is 1.21 bits per heavy atom. The van der Waals surface area contributed by atoms with Crippen LogP contribution in [-0.2, 0) is 4.79 Å². The molecule has 0 spiro atoms. The number of aliphatic hydroxyl groups is 1. The van der Waals surface area contributed by atoms with Crippen molar-refractivity contribution in [2.75, 3.05) is 13.1 Å². The van der Waals surface area contributed by atoms with Gasteiger partial charge in [0.15, 0.2) is 0 Å². The maximum absolute atomic E-state index is 11.5. The smallest absolute Gasteiger partial charge is 0.874 e. The van der Waals surface area contributed by atoms with Gasteiger partial charge in [-0.2, -0.15) is 0 Å². The molecule has 0 aromatic heterocycles.